The van der Waals surface area contributed by atoms with Crippen molar-refractivity contribution in [3.8, 4) is 28.7 Å². The van der Waals surface area contributed by atoms with E-state index in [0.717, 1.165) is 0 Å². The molecule has 1 N–H and O–H groups in total. The summed E-state index contributed by atoms with van der Waals surface area (Å²) in [6.07, 6.45) is 0.942. The summed E-state index contributed by atoms with van der Waals surface area (Å²) in [7, 11) is 0. The number of halogens is 3. The van der Waals surface area contributed by atoms with Crippen LogP contribution in [0.15, 0.2) is 47.5 Å². The third kappa shape index (κ3) is 4.58. The minimum Gasteiger partial charge on any atom is -0.347 e. The van der Waals surface area contributed by atoms with Crippen LogP contribution in [-0.4, -0.2) is 35.1 Å². The fourth-order valence-electron chi connectivity index (χ4n) is 2.39. The predicted molar refractivity (Wildman–Crippen MR) is 97.6 cm³/mol. The molecule has 0 radical (unpaired) electrons. The summed E-state index contributed by atoms with van der Waals surface area (Å²) in [4.78, 5) is 23.9. The van der Waals surface area contributed by atoms with E-state index in [1.54, 1.807) is 24.4 Å². The van der Waals surface area contributed by atoms with Gasteiger partial charge in [-0.15, -0.1) is 0 Å². The maximum atomic E-state index is 12.5. The predicted octanol–water partition coefficient (Wildman–Crippen LogP) is 2.88. The molecule has 0 amide bonds. The fraction of sp³-hybridized carbons (Fsp3) is 0.111. The Morgan fingerprint density at radius 2 is 1.74 bits per heavy atom. The lowest BCUT2D eigenvalue weighted by molar-refractivity contribution is -0.159. The molecular formula is C18H10F3N9O. The Hall–Kier alpha value is -4.47. The lowest BCUT2D eigenvalue weighted by atomic mass is 10.2. The molecule has 0 bridgehead atoms. The molecule has 0 saturated heterocycles. The third-order valence-corrected chi connectivity index (χ3v) is 3.87. The molecule has 4 aromatic rings. The van der Waals surface area contributed by atoms with Gasteiger partial charge in [-0.3, -0.25) is 0 Å². The van der Waals surface area contributed by atoms with Crippen LogP contribution in [0.25, 0.3) is 22.6 Å². The number of hydrogen-bond donors (Lipinski definition) is 1. The molecule has 0 saturated carbocycles. The van der Waals surface area contributed by atoms with E-state index < -0.39 is 12.1 Å². The van der Waals surface area contributed by atoms with E-state index >= 15 is 0 Å². The Labute approximate surface area is 171 Å². The van der Waals surface area contributed by atoms with Gasteiger partial charge in [0.1, 0.15) is 17.6 Å². The van der Waals surface area contributed by atoms with Crippen LogP contribution in [0.3, 0.4) is 0 Å². The van der Waals surface area contributed by atoms with E-state index in [-0.39, 0.29) is 17.9 Å². The van der Waals surface area contributed by atoms with Crippen molar-refractivity contribution >= 4 is 5.95 Å². The third-order valence-electron chi connectivity index (χ3n) is 3.87. The van der Waals surface area contributed by atoms with Crippen molar-refractivity contribution in [3.63, 3.8) is 0 Å². The largest absolute Gasteiger partial charge is 0.471 e. The summed E-state index contributed by atoms with van der Waals surface area (Å²) in [5.41, 5.74) is 1.79. The van der Waals surface area contributed by atoms with Gasteiger partial charge in [0.05, 0.1) is 17.8 Å². The Kier molecular flexibility index (Phi) is 5.19. The average molecular weight is 425 g/mol. The summed E-state index contributed by atoms with van der Waals surface area (Å²) in [5, 5.41) is 15.1. The molecule has 0 spiro atoms. The van der Waals surface area contributed by atoms with Gasteiger partial charge < -0.3 is 9.84 Å². The van der Waals surface area contributed by atoms with Gasteiger partial charge in [0.25, 0.3) is 0 Å². The molecule has 0 atom stereocenters. The molecule has 0 aliphatic carbocycles. The van der Waals surface area contributed by atoms with Crippen molar-refractivity contribution in [2.24, 2.45) is 0 Å². The van der Waals surface area contributed by atoms with E-state index in [9.17, 15) is 13.2 Å². The molecule has 0 aliphatic rings. The average Bonchev–Trinajstić information content (AvgIpc) is 3.29. The van der Waals surface area contributed by atoms with Gasteiger partial charge in [-0.1, -0.05) is 5.16 Å². The molecule has 10 nitrogen and oxygen atoms in total. The zero-order valence-electron chi connectivity index (χ0n) is 15.4. The fourth-order valence-corrected chi connectivity index (χ4v) is 2.39. The number of alkyl halides is 3. The van der Waals surface area contributed by atoms with Crippen molar-refractivity contribution in [1.82, 2.24) is 35.1 Å². The van der Waals surface area contributed by atoms with Crippen LogP contribution in [0.2, 0.25) is 0 Å². The van der Waals surface area contributed by atoms with E-state index in [2.05, 4.69) is 44.9 Å². The lowest BCUT2D eigenvalue weighted by Gasteiger charge is -2.06. The first-order valence-electron chi connectivity index (χ1n) is 8.58. The Bertz CT molecular complexity index is 1230. The molecule has 0 unspecified atom stereocenters. The summed E-state index contributed by atoms with van der Waals surface area (Å²) in [6.45, 7) is 0.162. The van der Waals surface area contributed by atoms with Crippen LogP contribution < -0.4 is 5.32 Å². The maximum Gasteiger partial charge on any atom is 0.471 e. The smallest absolute Gasteiger partial charge is 0.347 e. The van der Waals surface area contributed by atoms with E-state index in [1.807, 2.05) is 6.07 Å². The van der Waals surface area contributed by atoms with Crippen LogP contribution in [0.4, 0.5) is 19.1 Å². The standard InChI is InChI=1S/C18H10F3N9O/c19-18(20,21)16-29-15(30-31-16)11-7-25-14(26-8-11)9-27-17-23-4-3-13(28-17)10-1-2-12(5-22)24-6-10/h1-4,6-8H,9H2,(H,23,27,28). The SMILES string of the molecule is N#Cc1ccc(-c2ccnc(NCc3ncc(-c4noc(C(F)(F)F)n4)cn3)n2)cn1. The molecule has 31 heavy (non-hydrogen) atoms. The molecule has 0 aromatic carbocycles. The molecule has 13 heteroatoms. The number of pyridine rings is 1. The first-order chi connectivity index (χ1) is 14.9. The second-order valence-corrected chi connectivity index (χ2v) is 5.97. The van der Waals surface area contributed by atoms with Gasteiger partial charge in [-0.2, -0.15) is 23.4 Å². The van der Waals surface area contributed by atoms with Gasteiger partial charge in [0.15, 0.2) is 0 Å². The zero-order chi connectivity index (χ0) is 21.8. The number of nitriles is 1. The van der Waals surface area contributed by atoms with Gasteiger partial charge >= 0.3 is 12.1 Å². The van der Waals surface area contributed by atoms with Gasteiger partial charge in [0.2, 0.25) is 11.8 Å². The van der Waals surface area contributed by atoms with Gasteiger partial charge in [-0.05, 0) is 18.2 Å². The molecule has 4 aromatic heterocycles. The highest BCUT2D eigenvalue weighted by atomic mass is 19.4. The highest BCUT2D eigenvalue weighted by Gasteiger charge is 2.38. The Morgan fingerprint density at radius 1 is 0.968 bits per heavy atom. The van der Waals surface area contributed by atoms with Crippen molar-refractivity contribution in [2.45, 2.75) is 12.7 Å². The van der Waals surface area contributed by atoms with Crippen molar-refractivity contribution in [2.75, 3.05) is 5.32 Å². The van der Waals surface area contributed by atoms with Gasteiger partial charge in [-0.25, -0.2) is 24.9 Å². The number of anilines is 1. The van der Waals surface area contributed by atoms with E-state index in [0.29, 0.717) is 28.7 Å². The Morgan fingerprint density at radius 3 is 2.39 bits per heavy atom. The monoisotopic (exact) mass is 425 g/mol. The second kappa shape index (κ2) is 8.11. The highest BCUT2D eigenvalue weighted by molar-refractivity contribution is 5.59. The van der Waals surface area contributed by atoms with Crippen LogP contribution in [-0.2, 0) is 12.7 Å². The summed E-state index contributed by atoms with van der Waals surface area (Å²) in [5.74, 6) is -1.05. The van der Waals surface area contributed by atoms with Crippen molar-refractivity contribution < 1.29 is 17.7 Å². The zero-order valence-corrected chi connectivity index (χ0v) is 15.4. The summed E-state index contributed by atoms with van der Waals surface area (Å²) in [6, 6.07) is 6.95. The minimum absolute atomic E-state index is 0.162. The summed E-state index contributed by atoms with van der Waals surface area (Å²) >= 11 is 0. The van der Waals surface area contributed by atoms with Crippen molar-refractivity contribution in [1.29, 1.82) is 5.26 Å². The van der Waals surface area contributed by atoms with Crippen molar-refractivity contribution in [3.05, 3.63) is 60.4 Å². The number of aromatic nitrogens is 7. The normalized spacial score (nSPS) is 11.2. The molecule has 4 heterocycles. The van der Waals surface area contributed by atoms with Crippen LogP contribution in [0.1, 0.15) is 17.4 Å². The first kappa shape index (κ1) is 19.8. The molecule has 4 rings (SSSR count). The number of nitrogens with one attached hydrogen (secondary N) is 1. The van der Waals surface area contributed by atoms with E-state index in [1.165, 1.54) is 18.6 Å². The lowest BCUT2D eigenvalue weighted by Crippen LogP contribution is -2.07. The summed E-state index contributed by atoms with van der Waals surface area (Å²) < 4.78 is 41.8. The molecule has 154 valence electrons. The first-order valence-corrected chi connectivity index (χ1v) is 8.58. The number of rotatable bonds is 5. The highest BCUT2D eigenvalue weighted by Crippen LogP contribution is 2.29. The maximum absolute atomic E-state index is 12.5. The quantitative estimate of drug-likeness (QED) is 0.507. The number of hydrogen-bond acceptors (Lipinski definition) is 10. The van der Waals surface area contributed by atoms with Gasteiger partial charge in [0, 0.05) is 30.4 Å². The minimum atomic E-state index is -4.72. The van der Waals surface area contributed by atoms with Crippen LogP contribution >= 0.6 is 0 Å². The Balaban J connectivity index is 1.42. The topological polar surface area (TPSA) is 139 Å². The van der Waals surface area contributed by atoms with Crippen LogP contribution in [0.5, 0.6) is 0 Å². The second-order valence-electron chi connectivity index (χ2n) is 5.97. The van der Waals surface area contributed by atoms with Crippen LogP contribution in [0, 0.1) is 11.3 Å². The number of nitrogens with zero attached hydrogens (tertiary/aromatic N) is 8. The molecule has 0 aliphatic heterocycles. The van der Waals surface area contributed by atoms with E-state index in [4.69, 9.17) is 5.26 Å². The molecular weight excluding hydrogens is 415 g/mol. The molecule has 0 fully saturated rings.